The van der Waals surface area contributed by atoms with E-state index < -0.39 is 8.80 Å². The third kappa shape index (κ3) is 8.72. The third-order valence-corrected chi connectivity index (χ3v) is 6.00. The van der Waals surface area contributed by atoms with E-state index in [0.29, 0.717) is 25.9 Å². The van der Waals surface area contributed by atoms with Gasteiger partial charge in [0.2, 0.25) is 0 Å². The van der Waals surface area contributed by atoms with E-state index in [9.17, 15) is 0 Å². The highest BCUT2D eigenvalue weighted by atomic mass is 28.4. The topological polar surface area (TPSA) is 65.7 Å². The summed E-state index contributed by atoms with van der Waals surface area (Å²) in [4.78, 5) is 0. The molecule has 0 spiro atoms. The summed E-state index contributed by atoms with van der Waals surface area (Å²) in [5.41, 5.74) is 5.53. The third-order valence-electron chi connectivity index (χ3n) is 2.84. The minimum Gasteiger partial charge on any atom is -0.374 e. The molecule has 6 heteroatoms. The lowest BCUT2D eigenvalue weighted by Gasteiger charge is -2.28. The molecule has 0 aliphatic rings. The van der Waals surface area contributed by atoms with Gasteiger partial charge >= 0.3 is 8.80 Å². The molecule has 0 aliphatic heterocycles. The molecule has 0 aliphatic carbocycles. The quantitative estimate of drug-likeness (QED) is 0.400. The van der Waals surface area contributed by atoms with Crippen LogP contribution in [0.2, 0.25) is 6.04 Å². The molecule has 5 nitrogen and oxygen atoms in total. The Kier molecular flexibility index (Phi) is 11.8. The zero-order valence-corrected chi connectivity index (χ0v) is 14.0. The van der Waals surface area contributed by atoms with Gasteiger partial charge in [-0.15, -0.1) is 0 Å². The molecule has 0 radical (unpaired) electrons. The van der Waals surface area contributed by atoms with Crippen LogP contribution in [0.15, 0.2) is 0 Å². The highest BCUT2D eigenvalue weighted by Crippen LogP contribution is 2.17. The highest BCUT2D eigenvalue weighted by molar-refractivity contribution is 6.60. The number of rotatable bonds is 13. The van der Waals surface area contributed by atoms with Gasteiger partial charge in [0.25, 0.3) is 0 Å². The predicted molar refractivity (Wildman–Crippen MR) is 81.2 cm³/mol. The van der Waals surface area contributed by atoms with Crippen LogP contribution >= 0.6 is 0 Å². The van der Waals surface area contributed by atoms with Crippen molar-refractivity contribution in [2.45, 2.75) is 52.6 Å². The molecule has 0 amide bonds. The maximum Gasteiger partial charge on any atom is 0.500 e. The smallest absolute Gasteiger partial charge is 0.374 e. The summed E-state index contributed by atoms with van der Waals surface area (Å²) in [6.45, 7) is 11.7. The molecular formula is C13H32N2O3Si. The fraction of sp³-hybridized carbons (Fsp3) is 1.00. The first-order valence-electron chi connectivity index (χ1n) is 7.49. The molecule has 0 aromatic rings. The highest BCUT2D eigenvalue weighted by Gasteiger charge is 2.39. The van der Waals surface area contributed by atoms with Crippen molar-refractivity contribution in [1.29, 1.82) is 0 Å². The Bertz CT molecular complexity index is 191. The Labute approximate surface area is 119 Å². The van der Waals surface area contributed by atoms with Gasteiger partial charge in [-0.3, -0.25) is 0 Å². The summed E-state index contributed by atoms with van der Waals surface area (Å²) >= 11 is 0. The largest absolute Gasteiger partial charge is 0.500 e. The second-order valence-corrected chi connectivity index (χ2v) is 7.25. The van der Waals surface area contributed by atoms with Crippen molar-refractivity contribution in [2.24, 2.45) is 5.73 Å². The maximum absolute atomic E-state index is 5.81. The zero-order valence-electron chi connectivity index (χ0n) is 13.0. The van der Waals surface area contributed by atoms with Crippen LogP contribution in [0, 0.1) is 0 Å². The lowest BCUT2D eigenvalue weighted by molar-refractivity contribution is 0.0708. The average molecular weight is 292 g/mol. The molecule has 0 heterocycles. The van der Waals surface area contributed by atoms with Gasteiger partial charge < -0.3 is 24.3 Å². The van der Waals surface area contributed by atoms with Gasteiger partial charge in [-0.25, -0.2) is 0 Å². The summed E-state index contributed by atoms with van der Waals surface area (Å²) in [5, 5.41) is 3.46. The van der Waals surface area contributed by atoms with E-state index in [-0.39, 0.29) is 0 Å². The monoisotopic (exact) mass is 292 g/mol. The average Bonchev–Trinajstić information content (AvgIpc) is 2.36. The second kappa shape index (κ2) is 11.8. The van der Waals surface area contributed by atoms with Crippen LogP contribution in [-0.2, 0) is 13.3 Å². The predicted octanol–water partition coefficient (Wildman–Crippen LogP) is 1.75. The molecule has 1 unspecified atom stereocenters. The van der Waals surface area contributed by atoms with Crippen LogP contribution in [0.3, 0.4) is 0 Å². The van der Waals surface area contributed by atoms with E-state index in [4.69, 9.17) is 19.0 Å². The standard InChI is InChI=1S/C13H32N2O3Si/c1-5-16-19(17-6-2,18-7-3)12-8-11-15-13(4)9-10-14/h13,15H,5-12,14H2,1-4H3. The van der Waals surface area contributed by atoms with Crippen molar-refractivity contribution in [1.82, 2.24) is 5.32 Å². The lowest BCUT2D eigenvalue weighted by atomic mass is 10.2. The van der Waals surface area contributed by atoms with Crippen molar-refractivity contribution in [3.63, 3.8) is 0 Å². The molecule has 116 valence electrons. The maximum atomic E-state index is 5.81. The molecule has 1 atom stereocenters. The first-order chi connectivity index (χ1) is 9.14. The number of hydrogen-bond donors (Lipinski definition) is 2. The van der Waals surface area contributed by atoms with Gasteiger partial charge in [0.1, 0.15) is 0 Å². The van der Waals surface area contributed by atoms with Crippen molar-refractivity contribution in [3.8, 4) is 0 Å². The van der Waals surface area contributed by atoms with Crippen molar-refractivity contribution in [2.75, 3.05) is 32.9 Å². The molecule has 0 aromatic heterocycles. The van der Waals surface area contributed by atoms with Gasteiger partial charge in [-0.2, -0.15) is 0 Å². The van der Waals surface area contributed by atoms with Crippen LogP contribution in [0.4, 0.5) is 0 Å². The molecule has 0 aromatic carbocycles. The number of nitrogens with one attached hydrogen (secondary N) is 1. The Balaban J connectivity index is 4.09. The van der Waals surface area contributed by atoms with Gasteiger partial charge in [0, 0.05) is 31.9 Å². The van der Waals surface area contributed by atoms with Gasteiger partial charge in [-0.05, 0) is 53.6 Å². The van der Waals surface area contributed by atoms with E-state index in [1.54, 1.807) is 0 Å². The lowest BCUT2D eigenvalue weighted by Crippen LogP contribution is -2.46. The van der Waals surface area contributed by atoms with Crippen LogP contribution in [-0.4, -0.2) is 47.8 Å². The van der Waals surface area contributed by atoms with E-state index in [2.05, 4.69) is 12.2 Å². The Hall–Kier alpha value is 0.0169. The molecule has 0 fully saturated rings. The Morgan fingerprint density at radius 3 is 2.00 bits per heavy atom. The Morgan fingerprint density at radius 1 is 1.05 bits per heavy atom. The minimum absolute atomic E-state index is 0.465. The zero-order chi connectivity index (χ0) is 14.6. The molecule has 0 rings (SSSR count). The summed E-state index contributed by atoms with van der Waals surface area (Å²) in [7, 11) is -2.45. The van der Waals surface area contributed by atoms with E-state index in [1.807, 2.05) is 20.8 Å². The number of nitrogens with two attached hydrogens (primary N) is 1. The second-order valence-electron chi connectivity index (χ2n) is 4.52. The first kappa shape index (κ1) is 19.0. The Morgan fingerprint density at radius 2 is 1.58 bits per heavy atom. The van der Waals surface area contributed by atoms with E-state index >= 15 is 0 Å². The minimum atomic E-state index is -2.45. The van der Waals surface area contributed by atoms with Crippen molar-refractivity contribution < 1.29 is 13.3 Å². The number of hydrogen-bond acceptors (Lipinski definition) is 5. The fourth-order valence-electron chi connectivity index (χ4n) is 2.01. The van der Waals surface area contributed by atoms with E-state index in [0.717, 1.165) is 32.0 Å². The summed E-state index contributed by atoms with van der Waals surface area (Å²) in [6.07, 6.45) is 2.01. The normalized spacial score (nSPS) is 13.7. The van der Waals surface area contributed by atoms with Gasteiger partial charge in [-0.1, -0.05) is 0 Å². The van der Waals surface area contributed by atoms with Crippen LogP contribution in [0.1, 0.15) is 40.5 Å². The summed E-state index contributed by atoms with van der Waals surface area (Å²) in [6, 6.07) is 1.33. The molecular weight excluding hydrogens is 260 g/mol. The fourth-order valence-corrected chi connectivity index (χ4v) is 4.62. The van der Waals surface area contributed by atoms with Crippen molar-refractivity contribution in [3.05, 3.63) is 0 Å². The molecule has 19 heavy (non-hydrogen) atoms. The van der Waals surface area contributed by atoms with Crippen molar-refractivity contribution >= 4 is 8.80 Å². The van der Waals surface area contributed by atoms with Gasteiger partial charge in [0.15, 0.2) is 0 Å². The summed E-state index contributed by atoms with van der Waals surface area (Å²) < 4.78 is 17.4. The van der Waals surface area contributed by atoms with Crippen LogP contribution in [0.25, 0.3) is 0 Å². The SMILES string of the molecule is CCO[Si](CCCNC(C)CCN)(OCC)OCC. The summed E-state index contributed by atoms with van der Waals surface area (Å²) in [5.74, 6) is 0. The van der Waals surface area contributed by atoms with Crippen LogP contribution < -0.4 is 11.1 Å². The van der Waals surface area contributed by atoms with Gasteiger partial charge in [0.05, 0.1) is 0 Å². The van der Waals surface area contributed by atoms with E-state index in [1.165, 1.54) is 0 Å². The molecule has 0 saturated heterocycles. The molecule has 0 saturated carbocycles. The molecule has 3 N–H and O–H groups in total. The molecule has 0 bridgehead atoms. The van der Waals surface area contributed by atoms with Crippen LogP contribution in [0.5, 0.6) is 0 Å². The first-order valence-corrected chi connectivity index (χ1v) is 9.42.